The molecule has 0 aliphatic carbocycles. The van der Waals surface area contributed by atoms with Crippen molar-refractivity contribution in [1.29, 1.82) is 0 Å². The number of thioether (sulfide) groups is 1. The molecule has 20 heavy (non-hydrogen) atoms. The van der Waals surface area contributed by atoms with E-state index in [-0.39, 0.29) is 0 Å². The van der Waals surface area contributed by atoms with Gasteiger partial charge in [0.2, 0.25) is 0 Å². The van der Waals surface area contributed by atoms with E-state index in [2.05, 4.69) is 4.98 Å². The van der Waals surface area contributed by atoms with Crippen molar-refractivity contribution in [2.45, 2.75) is 37.3 Å². The first-order valence-corrected chi connectivity index (χ1v) is 7.35. The molecule has 0 aliphatic rings. The normalized spacial score (nSPS) is 13.6. The molecule has 0 fully saturated rings. The third kappa shape index (κ3) is 2.96. The molecule has 2 rings (SSSR count). The highest BCUT2D eigenvalue weighted by molar-refractivity contribution is 7.99. The molecule has 1 atom stereocenters. The minimum Gasteiger partial charge on any atom is -0.480 e. The highest BCUT2D eigenvalue weighted by atomic mass is 32.2. The van der Waals surface area contributed by atoms with Crippen LogP contribution in [-0.2, 0) is 10.5 Å². The third-order valence-corrected chi connectivity index (χ3v) is 4.77. The predicted molar refractivity (Wildman–Crippen MR) is 80.9 cm³/mol. The van der Waals surface area contributed by atoms with Gasteiger partial charge in [0.1, 0.15) is 11.7 Å². The summed E-state index contributed by atoms with van der Waals surface area (Å²) in [5.74, 6) is -0.344. The quantitative estimate of drug-likeness (QED) is 0.882. The molecule has 0 radical (unpaired) electrons. The molecule has 0 saturated heterocycles. The van der Waals surface area contributed by atoms with Gasteiger partial charge in [-0.2, -0.15) is 0 Å². The van der Waals surface area contributed by atoms with Gasteiger partial charge in [-0.25, -0.2) is 4.98 Å². The first-order chi connectivity index (χ1) is 9.31. The van der Waals surface area contributed by atoms with Crippen LogP contribution in [0.5, 0.6) is 0 Å². The SMILES string of the molecule is Cc1cccn2cc(CSC(C)(C)[C@H](N)C(=O)O)nc12. The fourth-order valence-corrected chi connectivity index (χ4v) is 2.86. The zero-order valence-corrected chi connectivity index (χ0v) is 12.6. The lowest BCUT2D eigenvalue weighted by molar-refractivity contribution is -0.139. The van der Waals surface area contributed by atoms with E-state index in [1.54, 1.807) is 0 Å². The van der Waals surface area contributed by atoms with Crippen LogP contribution in [0.4, 0.5) is 0 Å². The van der Waals surface area contributed by atoms with Crippen LogP contribution in [0, 0.1) is 6.92 Å². The van der Waals surface area contributed by atoms with Crippen molar-refractivity contribution in [3.05, 3.63) is 35.8 Å². The molecular formula is C14H19N3O2S. The number of fused-ring (bicyclic) bond motifs is 1. The van der Waals surface area contributed by atoms with Gasteiger partial charge in [-0.3, -0.25) is 4.79 Å². The summed E-state index contributed by atoms with van der Waals surface area (Å²) in [5.41, 5.74) is 8.69. The Morgan fingerprint density at radius 2 is 2.30 bits per heavy atom. The summed E-state index contributed by atoms with van der Waals surface area (Å²) in [4.78, 5) is 15.6. The van der Waals surface area contributed by atoms with E-state index in [1.165, 1.54) is 11.8 Å². The maximum absolute atomic E-state index is 11.0. The minimum atomic E-state index is -0.978. The van der Waals surface area contributed by atoms with E-state index < -0.39 is 16.8 Å². The van der Waals surface area contributed by atoms with Crippen LogP contribution in [0.3, 0.4) is 0 Å². The Hall–Kier alpha value is -1.53. The standard InChI is InChI=1S/C14H19N3O2S/c1-9-5-4-6-17-7-10(16-12(9)17)8-20-14(2,3)11(15)13(18)19/h4-7,11H,8,15H2,1-3H3,(H,18,19)/t11-/m1/s1. The fourth-order valence-electron chi connectivity index (χ4n) is 1.92. The van der Waals surface area contributed by atoms with Crippen molar-refractivity contribution in [3.63, 3.8) is 0 Å². The molecule has 0 unspecified atom stereocenters. The number of imidazole rings is 1. The van der Waals surface area contributed by atoms with Crippen LogP contribution in [-0.4, -0.2) is 31.2 Å². The zero-order valence-electron chi connectivity index (χ0n) is 11.8. The van der Waals surface area contributed by atoms with Gasteiger partial charge < -0.3 is 15.2 Å². The second-order valence-electron chi connectivity index (χ2n) is 5.36. The number of carbonyl (C=O) groups is 1. The summed E-state index contributed by atoms with van der Waals surface area (Å²) in [7, 11) is 0. The van der Waals surface area contributed by atoms with Gasteiger partial charge in [0.25, 0.3) is 0 Å². The maximum atomic E-state index is 11.0. The number of aryl methyl sites for hydroxylation is 1. The second kappa shape index (κ2) is 5.46. The lowest BCUT2D eigenvalue weighted by Crippen LogP contribution is -2.46. The fraction of sp³-hybridized carbons (Fsp3) is 0.429. The van der Waals surface area contributed by atoms with Crippen LogP contribution in [0.15, 0.2) is 24.5 Å². The van der Waals surface area contributed by atoms with E-state index >= 15 is 0 Å². The molecule has 2 heterocycles. The number of nitrogens with two attached hydrogens (primary N) is 1. The largest absolute Gasteiger partial charge is 0.480 e. The van der Waals surface area contributed by atoms with Gasteiger partial charge in [-0.05, 0) is 32.4 Å². The van der Waals surface area contributed by atoms with Gasteiger partial charge in [0.05, 0.1) is 5.69 Å². The number of aromatic nitrogens is 2. The Morgan fingerprint density at radius 1 is 1.60 bits per heavy atom. The van der Waals surface area contributed by atoms with E-state index in [4.69, 9.17) is 10.8 Å². The van der Waals surface area contributed by atoms with Gasteiger partial charge in [0, 0.05) is 22.9 Å². The van der Waals surface area contributed by atoms with Crippen LogP contribution in [0.2, 0.25) is 0 Å². The molecule has 6 heteroatoms. The molecule has 0 amide bonds. The van der Waals surface area contributed by atoms with Crippen molar-refractivity contribution in [2.75, 3.05) is 0 Å². The molecule has 0 bridgehead atoms. The summed E-state index contributed by atoms with van der Waals surface area (Å²) >= 11 is 1.51. The number of rotatable bonds is 5. The number of carboxylic acid groups (broad SMARTS) is 1. The monoisotopic (exact) mass is 293 g/mol. The number of aliphatic carboxylic acids is 1. The molecule has 3 N–H and O–H groups in total. The summed E-state index contributed by atoms with van der Waals surface area (Å²) in [5, 5.41) is 9.01. The average Bonchev–Trinajstić information content (AvgIpc) is 2.80. The van der Waals surface area contributed by atoms with Crippen molar-refractivity contribution in [3.8, 4) is 0 Å². The number of pyridine rings is 1. The van der Waals surface area contributed by atoms with Crippen LogP contribution in [0.25, 0.3) is 5.65 Å². The van der Waals surface area contributed by atoms with Crippen LogP contribution >= 0.6 is 11.8 Å². The maximum Gasteiger partial charge on any atom is 0.321 e. The summed E-state index contributed by atoms with van der Waals surface area (Å²) in [6, 6.07) is 3.10. The Balaban J connectivity index is 2.13. The number of hydrogen-bond donors (Lipinski definition) is 2. The first kappa shape index (κ1) is 14.9. The van der Waals surface area contributed by atoms with Gasteiger partial charge in [0.15, 0.2) is 0 Å². The van der Waals surface area contributed by atoms with Crippen molar-refractivity contribution in [2.24, 2.45) is 5.73 Å². The van der Waals surface area contributed by atoms with E-state index in [1.807, 2.05) is 49.7 Å². The lowest BCUT2D eigenvalue weighted by Gasteiger charge is -2.27. The minimum absolute atomic E-state index is 0.545. The number of carboxylic acids is 1. The van der Waals surface area contributed by atoms with Crippen LogP contribution in [0.1, 0.15) is 25.1 Å². The molecule has 0 spiro atoms. The van der Waals surface area contributed by atoms with Crippen LogP contribution < -0.4 is 5.73 Å². The van der Waals surface area contributed by atoms with Crippen molar-refractivity contribution >= 4 is 23.4 Å². The Kier molecular flexibility index (Phi) is 4.06. The van der Waals surface area contributed by atoms with Crippen molar-refractivity contribution < 1.29 is 9.90 Å². The summed E-state index contributed by atoms with van der Waals surface area (Å²) < 4.78 is 1.44. The molecule has 0 aliphatic heterocycles. The van der Waals surface area contributed by atoms with Gasteiger partial charge in [-0.15, -0.1) is 11.8 Å². The van der Waals surface area contributed by atoms with Crippen molar-refractivity contribution in [1.82, 2.24) is 9.38 Å². The predicted octanol–water partition coefficient (Wildman–Crippen LogP) is 2.07. The second-order valence-corrected chi connectivity index (χ2v) is 6.99. The van der Waals surface area contributed by atoms with E-state index in [0.717, 1.165) is 16.9 Å². The number of hydrogen-bond acceptors (Lipinski definition) is 4. The Bertz CT molecular complexity index is 636. The highest BCUT2D eigenvalue weighted by Crippen LogP contribution is 2.30. The van der Waals surface area contributed by atoms with Gasteiger partial charge >= 0.3 is 5.97 Å². The lowest BCUT2D eigenvalue weighted by atomic mass is 10.1. The van der Waals surface area contributed by atoms with Gasteiger partial charge in [-0.1, -0.05) is 6.07 Å². The molecule has 0 saturated carbocycles. The third-order valence-electron chi connectivity index (χ3n) is 3.33. The van der Waals surface area contributed by atoms with E-state index in [0.29, 0.717) is 5.75 Å². The molecule has 108 valence electrons. The Morgan fingerprint density at radius 3 is 2.90 bits per heavy atom. The first-order valence-electron chi connectivity index (χ1n) is 6.37. The van der Waals surface area contributed by atoms with E-state index in [9.17, 15) is 4.79 Å². The Labute approximate surface area is 122 Å². The molecule has 5 nitrogen and oxygen atoms in total. The molecule has 2 aromatic heterocycles. The molecular weight excluding hydrogens is 274 g/mol. The summed E-state index contributed by atoms with van der Waals surface area (Å²) in [6.45, 7) is 5.71. The topological polar surface area (TPSA) is 80.6 Å². The molecule has 2 aromatic rings. The zero-order chi connectivity index (χ0) is 14.9. The average molecular weight is 293 g/mol. The number of nitrogens with zero attached hydrogens (tertiary/aromatic N) is 2. The summed E-state index contributed by atoms with van der Waals surface area (Å²) in [6.07, 6.45) is 3.93. The molecule has 0 aromatic carbocycles. The highest BCUT2D eigenvalue weighted by Gasteiger charge is 2.32. The smallest absolute Gasteiger partial charge is 0.321 e.